The molecule has 1 aliphatic carbocycles. The second kappa shape index (κ2) is 6.24. The molecular weight excluding hydrogens is 272 g/mol. The van der Waals surface area contributed by atoms with Crippen molar-refractivity contribution in [1.29, 1.82) is 0 Å². The summed E-state index contributed by atoms with van der Waals surface area (Å²) >= 11 is 0. The van der Waals surface area contributed by atoms with Crippen molar-refractivity contribution in [2.45, 2.75) is 56.5 Å². The van der Waals surface area contributed by atoms with Crippen LogP contribution in [0.4, 0.5) is 0 Å². The van der Waals surface area contributed by atoms with Crippen LogP contribution in [0.5, 0.6) is 0 Å². The van der Waals surface area contributed by atoms with E-state index in [0.717, 1.165) is 31.2 Å². The zero-order chi connectivity index (χ0) is 14.8. The second-order valence-electron chi connectivity index (χ2n) is 5.59. The lowest BCUT2D eigenvalue weighted by Gasteiger charge is -2.34. The highest BCUT2D eigenvalue weighted by atomic mass is 32.2. The second-order valence-corrected chi connectivity index (χ2v) is 7.48. The van der Waals surface area contributed by atoms with E-state index in [1.165, 1.54) is 0 Å². The highest BCUT2D eigenvalue weighted by molar-refractivity contribution is 7.89. The number of benzene rings is 1. The smallest absolute Gasteiger partial charge is 0.243 e. The highest BCUT2D eigenvalue weighted by Gasteiger charge is 2.32. The van der Waals surface area contributed by atoms with Crippen LogP contribution in [0.1, 0.15) is 38.2 Å². The molecule has 2 N–H and O–H groups in total. The van der Waals surface area contributed by atoms with Crippen molar-refractivity contribution in [3.8, 4) is 0 Å². The van der Waals surface area contributed by atoms with Gasteiger partial charge in [-0.2, -0.15) is 4.31 Å². The molecule has 1 fully saturated rings. The van der Waals surface area contributed by atoms with Gasteiger partial charge in [-0.1, -0.05) is 24.6 Å². The topological polar surface area (TPSA) is 63.4 Å². The third kappa shape index (κ3) is 3.22. The minimum Gasteiger partial charge on any atom is -0.328 e. The third-order valence-electron chi connectivity index (χ3n) is 4.09. The number of nitrogens with two attached hydrogens (primary N) is 1. The van der Waals surface area contributed by atoms with Gasteiger partial charge in [0.05, 0.1) is 4.90 Å². The molecule has 0 heterocycles. The van der Waals surface area contributed by atoms with Gasteiger partial charge in [-0.3, -0.25) is 0 Å². The molecule has 0 aliphatic heterocycles. The van der Waals surface area contributed by atoms with Crippen LogP contribution in [-0.4, -0.2) is 31.4 Å². The Labute approximate surface area is 122 Å². The Morgan fingerprint density at radius 3 is 2.20 bits per heavy atom. The molecular formula is C15H24N2O2S. The van der Waals surface area contributed by atoms with Gasteiger partial charge in [0.15, 0.2) is 0 Å². The average molecular weight is 296 g/mol. The number of nitrogens with zero attached hydrogens (tertiary/aromatic N) is 1. The first kappa shape index (κ1) is 15.5. The highest BCUT2D eigenvalue weighted by Crippen LogP contribution is 2.27. The van der Waals surface area contributed by atoms with Crippen molar-refractivity contribution >= 4 is 10.0 Å². The van der Waals surface area contributed by atoms with Gasteiger partial charge in [0.1, 0.15) is 0 Å². The van der Waals surface area contributed by atoms with Crippen LogP contribution in [0, 0.1) is 6.92 Å². The fraction of sp³-hybridized carbons (Fsp3) is 0.600. The van der Waals surface area contributed by atoms with Crippen LogP contribution in [0.3, 0.4) is 0 Å². The minimum atomic E-state index is -3.39. The van der Waals surface area contributed by atoms with Crippen molar-refractivity contribution in [3.63, 3.8) is 0 Å². The van der Waals surface area contributed by atoms with E-state index in [-0.39, 0.29) is 12.1 Å². The van der Waals surface area contributed by atoms with Crippen LogP contribution in [0.25, 0.3) is 0 Å². The van der Waals surface area contributed by atoms with E-state index in [9.17, 15) is 8.42 Å². The van der Waals surface area contributed by atoms with E-state index in [1.807, 2.05) is 26.0 Å². The Balaban J connectivity index is 2.23. The van der Waals surface area contributed by atoms with E-state index < -0.39 is 10.0 Å². The Kier molecular flexibility index (Phi) is 4.83. The van der Waals surface area contributed by atoms with Gasteiger partial charge in [-0.15, -0.1) is 0 Å². The molecule has 4 nitrogen and oxygen atoms in total. The molecule has 5 heteroatoms. The van der Waals surface area contributed by atoms with Crippen molar-refractivity contribution in [2.75, 3.05) is 6.54 Å². The maximum atomic E-state index is 12.8. The van der Waals surface area contributed by atoms with Crippen molar-refractivity contribution in [2.24, 2.45) is 5.73 Å². The summed E-state index contributed by atoms with van der Waals surface area (Å²) in [5, 5.41) is 0. The van der Waals surface area contributed by atoms with Gasteiger partial charge >= 0.3 is 0 Å². The van der Waals surface area contributed by atoms with E-state index in [0.29, 0.717) is 11.4 Å². The SMILES string of the molecule is CCN(C1CCC(N)CC1)S(=O)(=O)c1ccc(C)cc1. The monoisotopic (exact) mass is 296 g/mol. The van der Waals surface area contributed by atoms with Crippen molar-refractivity contribution in [3.05, 3.63) is 29.8 Å². The predicted molar refractivity (Wildman–Crippen MR) is 81.0 cm³/mol. The van der Waals surface area contributed by atoms with Crippen molar-refractivity contribution < 1.29 is 8.42 Å². The normalized spacial score (nSPS) is 24.0. The molecule has 2 rings (SSSR count). The van der Waals surface area contributed by atoms with Crippen LogP contribution < -0.4 is 5.73 Å². The van der Waals surface area contributed by atoms with Crippen LogP contribution in [0.15, 0.2) is 29.2 Å². The summed E-state index contributed by atoms with van der Waals surface area (Å²) in [6.45, 7) is 4.37. The summed E-state index contributed by atoms with van der Waals surface area (Å²) in [7, 11) is -3.39. The van der Waals surface area contributed by atoms with Gasteiger partial charge in [-0.25, -0.2) is 8.42 Å². The lowest BCUT2D eigenvalue weighted by atomic mass is 9.92. The molecule has 112 valence electrons. The summed E-state index contributed by atoms with van der Waals surface area (Å²) in [5.74, 6) is 0. The first-order valence-electron chi connectivity index (χ1n) is 7.29. The molecule has 1 aromatic rings. The molecule has 1 aliphatic rings. The first-order chi connectivity index (χ1) is 9.45. The van der Waals surface area contributed by atoms with E-state index in [1.54, 1.807) is 16.4 Å². The van der Waals surface area contributed by atoms with Crippen molar-refractivity contribution in [1.82, 2.24) is 4.31 Å². The Bertz CT molecular complexity index is 531. The van der Waals surface area contributed by atoms with Gasteiger partial charge in [0.25, 0.3) is 0 Å². The number of hydrogen-bond donors (Lipinski definition) is 1. The lowest BCUT2D eigenvalue weighted by molar-refractivity contribution is 0.247. The molecule has 0 radical (unpaired) electrons. The molecule has 0 aromatic heterocycles. The molecule has 0 bridgehead atoms. The Morgan fingerprint density at radius 2 is 1.70 bits per heavy atom. The molecule has 20 heavy (non-hydrogen) atoms. The maximum Gasteiger partial charge on any atom is 0.243 e. The van der Waals surface area contributed by atoms with Crippen LogP contribution in [-0.2, 0) is 10.0 Å². The van der Waals surface area contributed by atoms with Crippen LogP contribution >= 0.6 is 0 Å². The van der Waals surface area contributed by atoms with Gasteiger partial charge in [-0.05, 0) is 44.7 Å². The summed E-state index contributed by atoms with van der Waals surface area (Å²) < 4.78 is 27.1. The summed E-state index contributed by atoms with van der Waals surface area (Å²) in [6, 6.07) is 7.40. The zero-order valence-corrected chi connectivity index (χ0v) is 13.1. The average Bonchev–Trinajstić information content (AvgIpc) is 2.42. The maximum absolute atomic E-state index is 12.8. The van der Waals surface area contributed by atoms with Gasteiger partial charge in [0, 0.05) is 18.6 Å². The predicted octanol–water partition coefficient (Wildman–Crippen LogP) is 2.28. The Morgan fingerprint density at radius 1 is 1.15 bits per heavy atom. The van der Waals surface area contributed by atoms with Gasteiger partial charge in [0.2, 0.25) is 10.0 Å². The first-order valence-corrected chi connectivity index (χ1v) is 8.73. The van der Waals surface area contributed by atoms with E-state index in [4.69, 9.17) is 5.73 Å². The lowest BCUT2D eigenvalue weighted by Crippen LogP contribution is -2.44. The molecule has 0 spiro atoms. The standard InChI is InChI=1S/C15H24N2O2S/c1-3-17(14-8-6-13(16)7-9-14)20(18,19)15-10-4-12(2)5-11-15/h4-5,10-11,13-14H,3,6-9,16H2,1-2H3. The molecule has 0 atom stereocenters. The summed E-state index contributed by atoms with van der Waals surface area (Å²) in [4.78, 5) is 0.389. The third-order valence-corrected chi connectivity index (χ3v) is 6.13. The quantitative estimate of drug-likeness (QED) is 0.927. The number of sulfonamides is 1. The van der Waals surface area contributed by atoms with E-state index in [2.05, 4.69) is 0 Å². The fourth-order valence-corrected chi connectivity index (χ4v) is 4.55. The Hall–Kier alpha value is -0.910. The molecule has 1 saturated carbocycles. The molecule has 0 amide bonds. The van der Waals surface area contributed by atoms with Crippen LogP contribution in [0.2, 0.25) is 0 Å². The summed E-state index contributed by atoms with van der Waals surface area (Å²) in [5.41, 5.74) is 6.97. The van der Waals surface area contributed by atoms with E-state index >= 15 is 0 Å². The molecule has 1 aromatic carbocycles. The largest absolute Gasteiger partial charge is 0.328 e. The summed E-state index contributed by atoms with van der Waals surface area (Å²) in [6.07, 6.45) is 3.54. The molecule has 0 unspecified atom stereocenters. The number of rotatable bonds is 4. The fourth-order valence-electron chi connectivity index (χ4n) is 2.86. The number of aryl methyl sites for hydroxylation is 1. The minimum absolute atomic E-state index is 0.0890. The van der Waals surface area contributed by atoms with Gasteiger partial charge < -0.3 is 5.73 Å². The number of hydrogen-bond acceptors (Lipinski definition) is 3. The molecule has 0 saturated heterocycles. The zero-order valence-electron chi connectivity index (χ0n) is 12.2.